The van der Waals surface area contributed by atoms with E-state index in [1.165, 1.54) is 218 Å². The molecule has 17 nitrogen and oxygen atoms in total. The van der Waals surface area contributed by atoms with E-state index in [-0.39, 0.29) is 25.7 Å². The van der Waals surface area contributed by atoms with Gasteiger partial charge in [-0.15, -0.1) is 0 Å². The van der Waals surface area contributed by atoms with Crippen molar-refractivity contribution in [2.45, 2.75) is 433 Å². The summed E-state index contributed by atoms with van der Waals surface area (Å²) in [5.74, 6) is 0.323. The number of carbonyl (C=O) groups excluding carboxylic acids is 4. The fourth-order valence-electron chi connectivity index (χ4n) is 12.2. The molecule has 0 saturated carbocycles. The van der Waals surface area contributed by atoms with Crippen LogP contribution >= 0.6 is 15.6 Å². The van der Waals surface area contributed by atoms with Crippen molar-refractivity contribution < 1.29 is 80.2 Å². The van der Waals surface area contributed by atoms with E-state index < -0.39 is 97.5 Å². The summed E-state index contributed by atoms with van der Waals surface area (Å²) in [6.45, 7) is 12.0. The topological polar surface area (TPSA) is 237 Å². The number of phosphoric ester groups is 2. The van der Waals surface area contributed by atoms with Crippen LogP contribution in [-0.4, -0.2) is 96.7 Å². The first-order valence-corrected chi connectivity index (χ1v) is 44.4. The number of phosphoric acid groups is 2. The van der Waals surface area contributed by atoms with Gasteiger partial charge in [0.25, 0.3) is 0 Å². The van der Waals surface area contributed by atoms with Crippen molar-refractivity contribution in [1.82, 2.24) is 0 Å². The number of aliphatic hydroxyl groups excluding tert-OH is 1. The molecule has 4 unspecified atom stereocenters. The molecule has 0 aliphatic carbocycles. The summed E-state index contributed by atoms with van der Waals surface area (Å²) < 4.78 is 68.6. The predicted octanol–water partition coefficient (Wildman–Crippen LogP) is 23.7. The van der Waals surface area contributed by atoms with Crippen molar-refractivity contribution in [3.05, 3.63) is 0 Å². The van der Waals surface area contributed by atoms with E-state index >= 15 is 0 Å². The monoisotopic (exact) mass is 1450 g/mol. The van der Waals surface area contributed by atoms with Gasteiger partial charge in [-0.2, -0.15) is 0 Å². The Morgan fingerprint density at radius 3 is 0.768 bits per heavy atom. The Hall–Kier alpha value is -1.94. The van der Waals surface area contributed by atoms with Crippen LogP contribution in [0, 0.1) is 17.8 Å². The second-order valence-electron chi connectivity index (χ2n) is 29.8. The molecule has 0 heterocycles. The summed E-state index contributed by atoms with van der Waals surface area (Å²) >= 11 is 0. The Bertz CT molecular complexity index is 1930. The fourth-order valence-corrected chi connectivity index (χ4v) is 13.8. The molecule has 0 aromatic heterocycles. The maximum atomic E-state index is 13.1. The molecular formula is C80H156O17P2. The van der Waals surface area contributed by atoms with Gasteiger partial charge in [0.15, 0.2) is 12.2 Å². The molecular weight excluding hydrogens is 1290 g/mol. The van der Waals surface area contributed by atoms with Crippen LogP contribution in [0.25, 0.3) is 0 Å². The minimum Gasteiger partial charge on any atom is -0.462 e. The van der Waals surface area contributed by atoms with Gasteiger partial charge < -0.3 is 33.8 Å². The van der Waals surface area contributed by atoms with Crippen LogP contribution in [0.5, 0.6) is 0 Å². The summed E-state index contributed by atoms with van der Waals surface area (Å²) in [6.07, 6.45) is 58.3. The number of carbonyl (C=O) groups is 4. The first-order valence-electron chi connectivity index (χ1n) is 41.4. The predicted molar refractivity (Wildman–Crippen MR) is 405 cm³/mol. The van der Waals surface area contributed by atoms with E-state index in [0.29, 0.717) is 25.7 Å². The van der Waals surface area contributed by atoms with Gasteiger partial charge in [-0.3, -0.25) is 37.3 Å². The molecule has 0 fully saturated rings. The van der Waals surface area contributed by atoms with Crippen molar-refractivity contribution >= 4 is 39.5 Å². The summed E-state index contributed by atoms with van der Waals surface area (Å²) in [6, 6.07) is 0. The van der Waals surface area contributed by atoms with Gasteiger partial charge in [0.05, 0.1) is 26.4 Å². The van der Waals surface area contributed by atoms with E-state index in [0.717, 1.165) is 114 Å². The highest BCUT2D eigenvalue weighted by atomic mass is 31.2. The van der Waals surface area contributed by atoms with Crippen molar-refractivity contribution in [3.63, 3.8) is 0 Å². The zero-order valence-corrected chi connectivity index (χ0v) is 66.8. The van der Waals surface area contributed by atoms with Crippen molar-refractivity contribution in [2.75, 3.05) is 39.6 Å². The first-order chi connectivity index (χ1) is 47.8. The normalized spacial score (nSPS) is 14.5. The van der Waals surface area contributed by atoms with Crippen LogP contribution in [0.3, 0.4) is 0 Å². The molecule has 0 rings (SSSR count). The molecule has 3 N–H and O–H groups in total. The molecule has 0 amide bonds. The molecule has 0 aromatic carbocycles. The van der Waals surface area contributed by atoms with E-state index in [1.807, 2.05) is 0 Å². The Morgan fingerprint density at radius 2 is 0.515 bits per heavy atom. The van der Waals surface area contributed by atoms with Crippen molar-refractivity contribution in [3.8, 4) is 0 Å². The van der Waals surface area contributed by atoms with E-state index in [2.05, 4.69) is 48.5 Å². The summed E-state index contributed by atoms with van der Waals surface area (Å²) in [4.78, 5) is 72.8. The van der Waals surface area contributed by atoms with Crippen LogP contribution in [0.15, 0.2) is 0 Å². The number of hydrogen-bond acceptors (Lipinski definition) is 15. The van der Waals surface area contributed by atoms with Gasteiger partial charge >= 0.3 is 39.5 Å². The number of ether oxygens (including phenoxy) is 4. The minimum absolute atomic E-state index is 0.105. The summed E-state index contributed by atoms with van der Waals surface area (Å²) in [5.41, 5.74) is 0. The Kier molecular flexibility index (Phi) is 69.0. The molecule has 0 spiro atoms. The lowest BCUT2D eigenvalue weighted by Crippen LogP contribution is -2.30. The second-order valence-corrected chi connectivity index (χ2v) is 32.7. The summed E-state index contributed by atoms with van der Waals surface area (Å²) in [7, 11) is -9.91. The highest BCUT2D eigenvalue weighted by Gasteiger charge is 2.30. The van der Waals surface area contributed by atoms with E-state index in [1.54, 1.807) is 0 Å². The Morgan fingerprint density at radius 1 is 0.293 bits per heavy atom. The van der Waals surface area contributed by atoms with Crippen LogP contribution in [0.4, 0.5) is 0 Å². The molecule has 99 heavy (non-hydrogen) atoms. The van der Waals surface area contributed by atoms with Crippen LogP contribution in [0.2, 0.25) is 0 Å². The molecule has 0 aliphatic heterocycles. The highest BCUT2D eigenvalue weighted by Crippen LogP contribution is 2.45. The van der Waals surface area contributed by atoms with Gasteiger partial charge in [-0.25, -0.2) is 9.13 Å². The molecule has 0 radical (unpaired) electrons. The lowest BCUT2D eigenvalue weighted by molar-refractivity contribution is -0.161. The van der Waals surface area contributed by atoms with Gasteiger partial charge in [0, 0.05) is 25.7 Å². The van der Waals surface area contributed by atoms with E-state index in [4.69, 9.17) is 37.0 Å². The summed E-state index contributed by atoms with van der Waals surface area (Å²) in [5, 5.41) is 10.6. The average molecular weight is 1450 g/mol. The largest absolute Gasteiger partial charge is 0.472 e. The smallest absolute Gasteiger partial charge is 0.462 e. The number of aliphatic hydroxyl groups is 1. The number of hydrogen-bond donors (Lipinski definition) is 3. The third-order valence-corrected chi connectivity index (χ3v) is 21.3. The maximum Gasteiger partial charge on any atom is 0.472 e. The Labute approximate surface area is 607 Å². The molecule has 0 aliphatic rings. The lowest BCUT2D eigenvalue weighted by atomic mass is 9.99. The molecule has 7 atom stereocenters. The standard InChI is InChI=1S/C80H156O17P2/c1-8-11-12-13-14-40-47-54-61-77(82)90-67-75(97-80(85)64-57-50-43-36-35-39-46-53-60-73(7)10-3)69-94-98(86,87)92-65-74(81)66-93-99(88,89)95-70-76(68-91-78(83)62-55-48-41-33-29-25-22-21-23-27-31-37-44-51-58-71(4)5)96-79(84)63-56-49-42-34-30-26-20-18-16-15-17-19-24-28-32-38-45-52-59-72(6)9-2/h71-76,81H,8-70H2,1-7H3,(H,86,87)(H,88,89)/t72?,73?,74-,75+,76+/m0/s1. The van der Waals surface area contributed by atoms with Crippen molar-refractivity contribution in [1.29, 1.82) is 0 Å². The molecule has 0 aromatic rings. The molecule has 0 saturated heterocycles. The SMILES string of the molecule is CCCCCCCCCCC(=O)OC[C@H](COP(=O)(O)OC[C@H](O)COP(=O)(O)OC[C@@H](COC(=O)CCCCCCCCCCCCCCCCC(C)C)OC(=O)CCCCCCCCCCCCCCCCCCCCC(C)CC)OC(=O)CCCCCCCCCCC(C)CC. The first kappa shape index (κ1) is 97.1. The fraction of sp³-hybridized carbons (Fsp3) is 0.950. The third kappa shape index (κ3) is 71.5. The molecule has 0 bridgehead atoms. The zero-order chi connectivity index (χ0) is 73.0. The molecule has 19 heteroatoms. The Balaban J connectivity index is 5.19. The van der Waals surface area contributed by atoms with Gasteiger partial charge in [0.2, 0.25) is 0 Å². The lowest BCUT2D eigenvalue weighted by Gasteiger charge is -2.21. The van der Waals surface area contributed by atoms with E-state index in [9.17, 15) is 43.2 Å². The number of rotatable bonds is 78. The molecule has 588 valence electrons. The zero-order valence-electron chi connectivity index (χ0n) is 65.0. The highest BCUT2D eigenvalue weighted by molar-refractivity contribution is 7.47. The van der Waals surface area contributed by atoms with Crippen LogP contribution in [-0.2, 0) is 65.4 Å². The number of esters is 4. The third-order valence-electron chi connectivity index (χ3n) is 19.4. The van der Waals surface area contributed by atoms with Crippen LogP contribution in [0.1, 0.15) is 414 Å². The van der Waals surface area contributed by atoms with Crippen LogP contribution < -0.4 is 0 Å². The average Bonchev–Trinajstić information content (AvgIpc) is 1.02. The quantitative estimate of drug-likeness (QED) is 0.0222. The van der Waals surface area contributed by atoms with Crippen molar-refractivity contribution in [2.24, 2.45) is 17.8 Å². The van der Waals surface area contributed by atoms with Gasteiger partial charge in [0.1, 0.15) is 19.3 Å². The second kappa shape index (κ2) is 70.4. The number of unbranched alkanes of at least 4 members (excludes halogenated alkanes) is 44. The maximum absolute atomic E-state index is 13.1. The minimum atomic E-state index is -4.96. The van der Waals surface area contributed by atoms with Gasteiger partial charge in [-0.05, 0) is 43.4 Å². The van der Waals surface area contributed by atoms with Gasteiger partial charge in [-0.1, -0.05) is 363 Å².